The number of fused-ring (bicyclic) bond motifs is 1. The highest BCUT2D eigenvalue weighted by Gasteiger charge is 2.25. The van der Waals surface area contributed by atoms with Gasteiger partial charge in [0.2, 0.25) is 5.91 Å². The molecule has 2 aromatic rings. The smallest absolute Gasteiger partial charge is 0.222 e. The average Bonchev–Trinajstić information content (AvgIpc) is 3.43. The Morgan fingerprint density at radius 1 is 0.759 bits per heavy atom. The predicted molar refractivity (Wildman–Crippen MR) is 118 cm³/mol. The number of hydrogen-bond donors (Lipinski definition) is 0. The molecule has 1 saturated carbocycles. The van der Waals surface area contributed by atoms with Gasteiger partial charge in [0.15, 0.2) is 0 Å². The van der Waals surface area contributed by atoms with Crippen molar-refractivity contribution in [3.63, 3.8) is 0 Å². The molecular weight excluding hydrogens is 358 g/mol. The molecule has 1 saturated heterocycles. The third kappa shape index (κ3) is 3.98. The first-order valence-corrected chi connectivity index (χ1v) is 11.2. The third-order valence-corrected chi connectivity index (χ3v) is 6.99. The van der Waals surface area contributed by atoms with Crippen LogP contribution in [0.3, 0.4) is 0 Å². The van der Waals surface area contributed by atoms with Crippen LogP contribution in [0.25, 0.3) is 0 Å². The van der Waals surface area contributed by atoms with E-state index in [1.54, 1.807) is 0 Å². The lowest BCUT2D eigenvalue weighted by atomic mass is 10.0. The van der Waals surface area contributed by atoms with E-state index in [2.05, 4.69) is 63.2 Å². The van der Waals surface area contributed by atoms with Gasteiger partial charge >= 0.3 is 0 Å². The lowest BCUT2D eigenvalue weighted by molar-refractivity contribution is -0.132. The number of hydrogen-bond acceptors (Lipinski definition) is 3. The molecule has 4 heteroatoms. The fraction of sp³-hybridized carbons (Fsp3) is 0.480. The fourth-order valence-corrected chi connectivity index (χ4v) is 5.19. The maximum atomic E-state index is 12.6. The van der Waals surface area contributed by atoms with Crippen molar-refractivity contribution in [1.29, 1.82) is 0 Å². The molecule has 0 radical (unpaired) electrons. The van der Waals surface area contributed by atoms with Crippen molar-refractivity contribution in [3.8, 4) is 0 Å². The highest BCUT2D eigenvalue weighted by Crippen LogP contribution is 2.30. The molecule has 4 nitrogen and oxygen atoms in total. The van der Waals surface area contributed by atoms with Crippen LogP contribution in [0.4, 0.5) is 11.4 Å². The van der Waals surface area contributed by atoms with Gasteiger partial charge in [0, 0.05) is 57.1 Å². The summed E-state index contributed by atoms with van der Waals surface area (Å²) >= 11 is 0. The van der Waals surface area contributed by atoms with E-state index >= 15 is 0 Å². The Morgan fingerprint density at radius 2 is 1.31 bits per heavy atom. The van der Waals surface area contributed by atoms with E-state index in [4.69, 9.17) is 0 Å². The first kappa shape index (κ1) is 18.5. The Morgan fingerprint density at radius 3 is 1.90 bits per heavy atom. The van der Waals surface area contributed by atoms with Crippen LogP contribution in [0.15, 0.2) is 48.5 Å². The van der Waals surface area contributed by atoms with Gasteiger partial charge in [-0.2, -0.15) is 0 Å². The lowest BCUT2D eigenvalue weighted by Gasteiger charge is -2.36. The van der Waals surface area contributed by atoms with Gasteiger partial charge in [0.05, 0.1) is 0 Å². The quantitative estimate of drug-likeness (QED) is 0.774. The number of amides is 1. The molecule has 0 aromatic heterocycles. The number of nitrogens with zero attached hydrogens (tertiary/aromatic N) is 3. The number of carbonyl (C=O) groups excluding carboxylic acids is 1. The number of rotatable bonds is 4. The van der Waals surface area contributed by atoms with Crippen LogP contribution < -0.4 is 9.80 Å². The monoisotopic (exact) mass is 389 g/mol. The second-order valence-electron chi connectivity index (χ2n) is 8.86. The average molecular weight is 390 g/mol. The molecule has 2 heterocycles. The first-order valence-electron chi connectivity index (χ1n) is 11.2. The summed E-state index contributed by atoms with van der Waals surface area (Å²) in [5.41, 5.74) is 5.44. The molecule has 1 aliphatic carbocycles. The Labute approximate surface area is 174 Å². The zero-order chi connectivity index (χ0) is 19.6. The minimum atomic E-state index is 0.375. The summed E-state index contributed by atoms with van der Waals surface area (Å²) in [4.78, 5) is 19.5. The van der Waals surface area contributed by atoms with Crippen LogP contribution in [0, 0.1) is 5.92 Å². The normalized spacial score (nSPS) is 19.7. The molecule has 2 aliphatic heterocycles. The third-order valence-electron chi connectivity index (χ3n) is 6.99. The molecular formula is C25H31N3O. The molecule has 0 bridgehead atoms. The van der Waals surface area contributed by atoms with Crippen LogP contribution >= 0.6 is 0 Å². The van der Waals surface area contributed by atoms with Crippen LogP contribution in [-0.2, 0) is 17.9 Å². The van der Waals surface area contributed by atoms with E-state index < -0.39 is 0 Å². The van der Waals surface area contributed by atoms with Crippen molar-refractivity contribution < 1.29 is 4.79 Å². The summed E-state index contributed by atoms with van der Waals surface area (Å²) in [5.74, 6) is 1.02. The van der Waals surface area contributed by atoms with Crippen LogP contribution in [0.2, 0.25) is 0 Å². The standard InChI is InChI=1S/C25H31N3O/c29-25(17-20-5-1-2-6-20)27-15-13-26(14-16-27)23-9-11-24(12-10-23)28-18-21-7-3-4-8-22(21)19-28/h3-4,7-12,20H,1-2,5-6,13-19H2. The van der Waals surface area contributed by atoms with Gasteiger partial charge in [-0.05, 0) is 54.2 Å². The molecule has 3 aliphatic rings. The van der Waals surface area contributed by atoms with Gasteiger partial charge in [0.25, 0.3) is 0 Å². The van der Waals surface area contributed by atoms with Gasteiger partial charge in [-0.15, -0.1) is 0 Å². The minimum absolute atomic E-state index is 0.375. The predicted octanol–water partition coefficient (Wildman–Crippen LogP) is 4.44. The summed E-state index contributed by atoms with van der Waals surface area (Å²) in [6.45, 7) is 5.58. The van der Waals surface area contributed by atoms with E-state index in [-0.39, 0.29) is 0 Å². The van der Waals surface area contributed by atoms with Crippen molar-refractivity contribution in [3.05, 3.63) is 59.7 Å². The second-order valence-corrected chi connectivity index (χ2v) is 8.86. The molecule has 152 valence electrons. The van der Waals surface area contributed by atoms with E-state index in [0.29, 0.717) is 11.8 Å². The van der Waals surface area contributed by atoms with E-state index in [1.807, 2.05) is 0 Å². The summed E-state index contributed by atoms with van der Waals surface area (Å²) in [7, 11) is 0. The molecule has 29 heavy (non-hydrogen) atoms. The first-order chi connectivity index (χ1) is 14.3. The van der Waals surface area contributed by atoms with Gasteiger partial charge in [-0.3, -0.25) is 4.79 Å². The topological polar surface area (TPSA) is 26.8 Å². The molecule has 5 rings (SSSR count). The minimum Gasteiger partial charge on any atom is -0.368 e. The van der Waals surface area contributed by atoms with Crippen molar-refractivity contribution in [1.82, 2.24) is 4.90 Å². The zero-order valence-electron chi connectivity index (χ0n) is 17.2. The largest absolute Gasteiger partial charge is 0.368 e. The van der Waals surface area contributed by atoms with Gasteiger partial charge < -0.3 is 14.7 Å². The SMILES string of the molecule is O=C(CC1CCCC1)N1CCN(c2ccc(N3Cc4ccccc4C3)cc2)CC1. The van der Waals surface area contributed by atoms with Crippen LogP contribution in [0.5, 0.6) is 0 Å². The van der Waals surface area contributed by atoms with E-state index in [0.717, 1.165) is 45.7 Å². The van der Waals surface area contributed by atoms with Crippen molar-refractivity contribution in [2.45, 2.75) is 45.2 Å². The second kappa shape index (κ2) is 8.10. The summed E-state index contributed by atoms with van der Waals surface area (Å²) in [6, 6.07) is 17.7. The van der Waals surface area contributed by atoms with Crippen molar-refractivity contribution in [2.75, 3.05) is 36.0 Å². The molecule has 2 fully saturated rings. The van der Waals surface area contributed by atoms with E-state index in [1.165, 1.54) is 48.2 Å². The number of anilines is 2. The fourth-order valence-electron chi connectivity index (χ4n) is 5.19. The zero-order valence-corrected chi connectivity index (χ0v) is 17.2. The van der Waals surface area contributed by atoms with Crippen LogP contribution in [-0.4, -0.2) is 37.0 Å². The Bertz CT molecular complexity index is 824. The van der Waals surface area contributed by atoms with Gasteiger partial charge in [0.1, 0.15) is 0 Å². The van der Waals surface area contributed by atoms with Gasteiger partial charge in [-0.1, -0.05) is 37.1 Å². The maximum Gasteiger partial charge on any atom is 0.222 e. The Hall–Kier alpha value is -2.49. The van der Waals surface area contributed by atoms with E-state index in [9.17, 15) is 4.79 Å². The number of piperazine rings is 1. The maximum absolute atomic E-state index is 12.6. The summed E-state index contributed by atoms with van der Waals surface area (Å²) in [6.07, 6.45) is 5.89. The lowest BCUT2D eigenvalue weighted by Crippen LogP contribution is -2.49. The van der Waals surface area contributed by atoms with Crippen LogP contribution in [0.1, 0.15) is 43.2 Å². The molecule has 0 atom stereocenters. The van der Waals surface area contributed by atoms with Crippen molar-refractivity contribution in [2.24, 2.45) is 5.92 Å². The molecule has 0 N–H and O–H groups in total. The van der Waals surface area contributed by atoms with Crippen molar-refractivity contribution >= 4 is 17.3 Å². The highest BCUT2D eigenvalue weighted by atomic mass is 16.2. The summed E-state index contributed by atoms with van der Waals surface area (Å²) < 4.78 is 0. The number of benzene rings is 2. The van der Waals surface area contributed by atoms with Gasteiger partial charge in [-0.25, -0.2) is 0 Å². The molecule has 2 aromatic carbocycles. The molecule has 0 spiro atoms. The number of carbonyl (C=O) groups is 1. The Balaban J connectivity index is 1.15. The molecule has 1 amide bonds. The highest BCUT2D eigenvalue weighted by molar-refractivity contribution is 5.77. The summed E-state index contributed by atoms with van der Waals surface area (Å²) in [5, 5.41) is 0. The Kier molecular flexibility index (Phi) is 5.17. The molecule has 0 unspecified atom stereocenters.